The quantitative estimate of drug-likeness (QED) is 0.0907. The van der Waals surface area contributed by atoms with Gasteiger partial charge in [0.1, 0.15) is 16.4 Å². The Morgan fingerprint density at radius 1 is 0.786 bits per heavy atom. The second-order valence-electron chi connectivity index (χ2n) is 9.27. The van der Waals surface area contributed by atoms with Gasteiger partial charge < -0.3 is 14.2 Å². The van der Waals surface area contributed by atoms with E-state index in [-0.39, 0.29) is 40.2 Å². The first-order valence-electron chi connectivity index (χ1n) is 12.3. The monoisotopic (exact) mass is 926 g/mol. The molecule has 1 aliphatic carbocycles. The van der Waals surface area contributed by atoms with Gasteiger partial charge in [-0.15, -0.1) is 6.42 Å². The molecule has 9 nitrogen and oxygen atoms in total. The third-order valence-corrected chi connectivity index (χ3v) is 10.5. The molecule has 1 saturated carbocycles. The maximum Gasteiger partial charge on any atom is 0.344 e. The van der Waals surface area contributed by atoms with Crippen LogP contribution in [0.25, 0.3) is 0 Å². The van der Waals surface area contributed by atoms with Crippen molar-refractivity contribution in [2.45, 2.75) is 42.6 Å². The third kappa shape index (κ3) is 7.81. The molecule has 0 radical (unpaired) electrons. The summed E-state index contributed by atoms with van der Waals surface area (Å²) in [6.45, 7) is 0. The van der Waals surface area contributed by atoms with E-state index in [1.807, 2.05) is 0 Å². The van der Waals surface area contributed by atoms with Crippen LogP contribution in [0.15, 0.2) is 59.5 Å². The molecule has 13 heteroatoms. The third-order valence-electron chi connectivity index (χ3n) is 6.37. The summed E-state index contributed by atoms with van der Waals surface area (Å²) in [7, 11) is -4.53. The number of carbonyl (C=O) groups is 3. The highest BCUT2D eigenvalue weighted by atomic mass is 127. The van der Waals surface area contributed by atoms with Gasteiger partial charge in [0.25, 0.3) is 10.1 Å². The van der Waals surface area contributed by atoms with E-state index in [9.17, 15) is 27.4 Å². The first-order valence-corrected chi connectivity index (χ1v) is 17.0. The molecule has 0 bridgehead atoms. The van der Waals surface area contributed by atoms with Gasteiger partial charge in [-0.1, -0.05) is 12.3 Å². The summed E-state index contributed by atoms with van der Waals surface area (Å²) >= 11 is 5.48. The molecule has 0 aliphatic heterocycles. The van der Waals surface area contributed by atoms with Gasteiger partial charge in [0.2, 0.25) is 0 Å². The molecule has 4 rings (SSSR count). The zero-order valence-corrected chi connectivity index (χ0v) is 28.9. The SMILES string of the molecule is C#CC1(OC(=O)c2ccc(C(=O)Oc3ccc(I)cc3)c(C(=O)Oc3cc(I)c(S(=O)(=O)O)c(I)c3)c2)CCCCC1. The molecular weight excluding hydrogens is 905 g/mol. The van der Waals surface area contributed by atoms with Gasteiger partial charge in [-0.3, -0.25) is 4.55 Å². The van der Waals surface area contributed by atoms with E-state index in [0.29, 0.717) is 12.8 Å². The number of hydrogen-bond acceptors (Lipinski definition) is 8. The topological polar surface area (TPSA) is 133 Å². The van der Waals surface area contributed by atoms with Gasteiger partial charge in [-0.25, -0.2) is 14.4 Å². The normalized spacial score (nSPS) is 14.4. The molecule has 0 atom stereocenters. The Morgan fingerprint density at radius 2 is 1.36 bits per heavy atom. The predicted octanol–water partition coefficient (Wildman–Crippen LogP) is 6.68. The Morgan fingerprint density at radius 3 is 1.93 bits per heavy atom. The lowest BCUT2D eigenvalue weighted by Gasteiger charge is -2.32. The molecule has 0 saturated heterocycles. The average molecular weight is 926 g/mol. The van der Waals surface area contributed by atoms with Crippen molar-refractivity contribution in [3.8, 4) is 23.8 Å². The molecule has 0 unspecified atom stereocenters. The van der Waals surface area contributed by atoms with Gasteiger partial charge in [0.15, 0.2) is 5.60 Å². The van der Waals surface area contributed by atoms with E-state index in [1.165, 1.54) is 30.3 Å². The van der Waals surface area contributed by atoms with Crippen molar-refractivity contribution in [1.82, 2.24) is 0 Å². The number of benzene rings is 3. The Hall–Kier alpha value is -2.27. The lowest BCUT2D eigenvalue weighted by molar-refractivity contribution is -0.00666. The first kappa shape index (κ1) is 32.6. The lowest BCUT2D eigenvalue weighted by atomic mass is 9.85. The number of rotatable bonds is 7. The molecule has 218 valence electrons. The average Bonchev–Trinajstić information content (AvgIpc) is 2.93. The van der Waals surface area contributed by atoms with E-state index in [4.69, 9.17) is 20.6 Å². The Balaban J connectivity index is 1.70. The summed E-state index contributed by atoms with van der Waals surface area (Å²) in [5.74, 6) is 0.131. The lowest BCUT2D eigenvalue weighted by Crippen LogP contribution is -2.35. The number of carbonyl (C=O) groups excluding carboxylic acids is 3. The molecule has 0 amide bonds. The molecule has 1 fully saturated rings. The van der Waals surface area contributed by atoms with Crippen LogP contribution in [0.2, 0.25) is 0 Å². The van der Waals surface area contributed by atoms with E-state index >= 15 is 0 Å². The maximum absolute atomic E-state index is 13.4. The number of esters is 3. The number of hydrogen-bond donors (Lipinski definition) is 1. The maximum atomic E-state index is 13.4. The van der Waals surface area contributed by atoms with E-state index in [2.05, 4.69) is 28.5 Å². The highest BCUT2D eigenvalue weighted by molar-refractivity contribution is 14.1. The summed E-state index contributed by atoms with van der Waals surface area (Å²) in [6, 6.07) is 12.9. The fraction of sp³-hybridized carbons (Fsp3) is 0.207. The van der Waals surface area contributed by atoms with Crippen LogP contribution in [0, 0.1) is 23.1 Å². The summed E-state index contributed by atoms with van der Waals surface area (Å²) in [5, 5.41) is 0. The van der Waals surface area contributed by atoms with Crippen LogP contribution in [-0.2, 0) is 14.9 Å². The van der Waals surface area contributed by atoms with Crippen LogP contribution in [0.5, 0.6) is 11.5 Å². The molecule has 3 aromatic carbocycles. The van der Waals surface area contributed by atoms with Crippen LogP contribution in [0.3, 0.4) is 0 Å². The summed E-state index contributed by atoms with van der Waals surface area (Å²) in [5.41, 5.74) is -1.56. The minimum Gasteiger partial charge on any atom is -0.442 e. The summed E-state index contributed by atoms with van der Waals surface area (Å²) in [4.78, 5) is 39.4. The molecule has 42 heavy (non-hydrogen) atoms. The molecule has 3 aromatic rings. The van der Waals surface area contributed by atoms with Crippen molar-refractivity contribution in [1.29, 1.82) is 0 Å². The molecular formula is C29H21I3O9S. The molecule has 0 aromatic heterocycles. The highest BCUT2D eigenvalue weighted by Gasteiger charge is 2.35. The minimum atomic E-state index is -4.53. The van der Waals surface area contributed by atoms with Crippen molar-refractivity contribution in [3.63, 3.8) is 0 Å². The standard InChI is InChI=1S/C29H21I3O9S/c1-2-29(12-4-3-5-13-29)41-26(33)17-6-11-21(27(34)39-19-9-7-18(30)8-10-19)22(14-17)28(35)40-20-15-23(31)25(24(32)16-20)42(36,37)38/h1,6-11,14-16H,3-5,12-13H2,(H,36,37,38). The van der Waals surface area contributed by atoms with Crippen molar-refractivity contribution in [2.24, 2.45) is 0 Å². The van der Waals surface area contributed by atoms with Gasteiger partial charge in [-0.2, -0.15) is 8.42 Å². The van der Waals surface area contributed by atoms with Crippen LogP contribution in [0.1, 0.15) is 63.2 Å². The van der Waals surface area contributed by atoms with Gasteiger partial charge in [0.05, 0.1) is 16.7 Å². The molecule has 0 spiro atoms. The van der Waals surface area contributed by atoms with E-state index in [1.54, 1.807) is 69.4 Å². The molecule has 0 heterocycles. The highest BCUT2D eigenvalue weighted by Crippen LogP contribution is 2.33. The van der Waals surface area contributed by atoms with Gasteiger partial charge in [-0.05, 0) is 148 Å². The summed E-state index contributed by atoms with van der Waals surface area (Å²) in [6.07, 6.45) is 9.36. The fourth-order valence-electron chi connectivity index (χ4n) is 4.32. The number of halogens is 3. The zero-order valence-electron chi connectivity index (χ0n) is 21.6. The Bertz CT molecular complexity index is 1680. The Kier molecular flexibility index (Phi) is 10.5. The minimum absolute atomic E-state index is 0.0288. The Labute approximate surface area is 283 Å². The fourth-order valence-corrected chi connectivity index (χ4v) is 8.67. The smallest absolute Gasteiger partial charge is 0.344 e. The molecule has 1 N–H and O–H groups in total. The van der Waals surface area contributed by atoms with E-state index in [0.717, 1.165) is 22.8 Å². The van der Waals surface area contributed by atoms with Gasteiger partial charge >= 0.3 is 17.9 Å². The number of ether oxygens (including phenoxy) is 3. The second-order valence-corrected chi connectivity index (χ2v) is 14.2. The van der Waals surface area contributed by atoms with Crippen molar-refractivity contribution in [2.75, 3.05) is 0 Å². The largest absolute Gasteiger partial charge is 0.442 e. The van der Waals surface area contributed by atoms with Crippen LogP contribution in [0.4, 0.5) is 0 Å². The predicted molar refractivity (Wildman–Crippen MR) is 177 cm³/mol. The van der Waals surface area contributed by atoms with Crippen molar-refractivity contribution >= 4 is 95.8 Å². The molecule has 1 aliphatic rings. The van der Waals surface area contributed by atoms with Crippen molar-refractivity contribution in [3.05, 3.63) is 82.0 Å². The van der Waals surface area contributed by atoms with Crippen LogP contribution >= 0.6 is 67.8 Å². The summed E-state index contributed by atoms with van der Waals surface area (Å²) < 4.78 is 50.8. The second kappa shape index (κ2) is 13.6. The van der Waals surface area contributed by atoms with Crippen LogP contribution in [-0.4, -0.2) is 36.5 Å². The number of terminal acetylenes is 1. The van der Waals surface area contributed by atoms with Crippen LogP contribution < -0.4 is 9.47 Å². The zero-order chi connectivity index (χ0) is 30.7. The van der Waals surface area contributed by atoms with E-state index < -0.39 is 33.6 Å². The van der Waals surface area contributed by atoms with Gasteiger partial charge in [0, 0.05) is 10.7 Å². The van der Waals surface area contributed by atoms with Crippen molar-refractivity contribution < 1.29 is 41.6 Å². The first-order chi connectivity index (χ1) is 19.8.